The molecule has 0 aromatic heterocycles. The van der Waals surface area contributed by atoms with E-state index in [1.165, 1.54) is 0 Å². The first-order valence-corrected chi connectivity index (χ1v) is 9.57. The number of rotatable bonds is 4. The predicted octanol–water partition coefficient (Wildman–Crippen LogP) is 2.43. The molecule has 0 radical (unpaired) electrons. The zero-order chi connectivity index (χ0) is 20.2. The molecule has 5 nitrogen and oxygen atoms in total. The maximum absolute atomic E-state index is 13.4. The Kier molecular flexibility index (Phi) is 5.31. The molecule has 29 heavy (non-hydrogen) atoms. The van der Waals surface area contributed by atoms with E-state index in [2.05, 4.69) is 15.6 Å². The van der Waals surface area contributed by atoms with E-state index in [9.17, 15) is 4.79 Å². The van der Waals surface area contributed by atoms with Gasteiger partial charge in [0.25, 0.3) is 5.91 Å². The van der Waals surface area contributed by atoms with Crippen LogP contribution in [0.25, 0.3) is 5.70 Å². The summed E-state index contributed by atoms with van der Waals surface area (Å²) in [4.78, 5) is 16.6. The fourth-order valence-electron chi connectivity index (χ4n) is 3.31. The Morgan fingerprint density at radius 3 is 2.21 bits per heavy atom. The summed E-state index contributed by atoms with van der Waals surface area (Å²) >= 11 is 6.06. The van der Waals surface area contributed by atoms with Crippen molar-refractivity contribution in [3.8, 4) is 0 Å². The number of nitrogens with two attached hydrogens (primary N) is 1. The fourth-order valence-corrected chi connectivity index (χ4v) is 3.44. The molecule has 1 aliphatic rings. The molecule has 1 amide bonds. The van der Waals surface area contributed by atoms with Crippen LogP contribution in [0.15, 0.2) is 90.5 Å². The average molecular weight is 404 g/mol. The van der Waals surface area contributed by atoms with Crippen molar-refractivity contribution in [2.75, 3.05) is 5.32 Å². The number of benzene rings is 3. The van der Waals surface area contributed by atoms with E-state index in [0.717, 1.165) is 16.8 Å². The zero-order valence-electron chi connectivity index (χ0n) is 15.5. The first-order valence-electron chi connectivity index (χ1n) is 9.19. The van der Waals surface area contributed by atoms with E-state index in [1.54, 1.807) is 12.1 Å². The van der Waals surface area contributed by atoms with Crippen molar-refractivity contribution >= 4 is 34.9 Å². The van der Waals surface area contributed by atoms with E-state index >= 15 is 0 Å². The molecule has 0 saturated heterocycles. The van der Waals surface area contributed by atoms with E-state index in [4.69, 9.17) is 17.3 Å². The molecule has 0 bridgehead atoms. The van der Waals surface area contributed by atoms with Gasteiger partial charge in [-0.1, -0.05) is 72.3 Å². The van der Waals surface area contributed by atoms with Crippen LogP contribution in [-0.4, -0.2) is 11.9 Å². The highest BCUT2D eigenvalue weighted by atomic mass is 35.5. The number of guanidine groups is 1. The Balaban J connectivity index is 1.83. The van der Waals surface area contributed by atoms with Gasteiger partial charge in [0.15, 0.2) is 0 Å². The molecule has 1 heterocycles. The summed E-state index contributed by atoms with van der Waals surface area (Å²) in [6.07, 6.45) is 0. The van der Waals surface area contributed by atoms with E-state index in [1.807, 2.05) is 72.8 Å². The Labute approximate surface area is 173 Å². The molecule has 0 spiro atoms. The number of halogens is 1. The van der Waals surface area contributed by atoms with Crippen LogP contribution < -0.4 is 21.4 Å². The number of carbonyl (C=O) groups is 1. The van der Waals surface area contributed by atoms with Gasteiger partial charge in [-0.15, -0.1) is 0 Å². The van der Waals surface area contributed by atoms with Gasteiger partial charge in [0.2, 0.25) is 0 Å². The van der Waals surface area contributed by atoms with Crippen LogP contribution in [-0.2, 0) is 4.79 Å². The standard InChI is InChI=1S/C23H19ClN4O/c24-17-13-11-16(12-14-17)21-19(22(29)26-18-9-5-2-6-10-18)20(27-23(25)28-21)15-7-3-1-4-8-15/h1-14,21H,(H,26,29)(H3,25,27,28)/p+1/t21-/m0/s1. The minimum atomic E-state index is -0.438. The molecule has 0 unspecified atom stereocenters. The third-order valence-corrected chi connectivity index (χ3v) is 4.91. The maximum Gasteiger partial charge on any atom is 0.346 e. The van der Waals surface area contributed by atoms with Gasteiger partial charge in [-0.3, -0.25) is 15.5 Å². The Morgan fingerprint density at radius 1 is 0.931 bits per heavy atom. The molecule has 3 aromatic rings. The van der Waals surface area contributed by atoms with Crippen LogP contribution in [0.4, 0.5) is 5.69 Å². The van der Waals surface area contributed by atoms with Crippen molar-refractivity contribution in [2.45, 2.75) is 6.04 Å². The Hall–Kier alpha value is -3.57. The molecular weight excluding hydrogens is 384 g/mol. The molecule has 6 heteroatoms. The minimum absolute atomic E-state index is 0.220. The van der Waals surface area contributed by atoms with Crippen molar-refractivity contribution in [3.63, 3.8) is 0 Å². The fraction of sp³-hybridized carbons (Fsp3) is 0.0435. The molecule has 0 aliphatic carbocycles. The number of anilines is 1. The van der Waals surface area contributed by atoms with Crippen molar-refractivity contribution in [1.29, 1.82) is 0 Å². The molecule has 3 aromatic carbocycles. The summed E-state index contributed by atoms with van der Waals surface area (Å²) in [7, 11) is 0. The van der Waals surface area contributed by atoms with Gasteiger partial charge in [-0.25, -0.2) is 5.32 Å². The largest absolute Gasteiger partial charge is 0.346 e. The van der Waals surface area contributed by atoms with Gasteiger partial charge in [0, 0.05) is 16.3 Å². The molecular formula is C23H20ClN4O+. The zero-order valence-corrected chi connectivity index (χ0v) is 16.3. The second-order valence-corrected chi connectivity index (χ2v) is 7.08. The molecule has 1 aliphatic heterocycles. The van der Waals surface area contributed by atoms with E-state index in [0.29, 0.717) is 22.3 Å². The smallest absolute Gasteiger partial charge is 0.322 e. The minimum Gasteiger partial charge on any atom is -0.322 e. The number of hydrogen-bond acceptors (Lipinski definition) is 3. The van der Waals surface area contributed by atoms with Crippen LogP contribution in [0.1, 0.15) is 17.2 Å². The lowest BCUT2D eigenvalue weighted by molar-refractivity contribution is -0.501. The quantitative estimate of drug-likeness (QED) is 0.540. The van der Waals surface area contributed by atoms with Crippen LogP contribution in [0.3, 0.4) is 0 Å². The van der Waals surface area contributed by atoms with Crippen molar-refractivity contribution < 1.29 is 9.79 Å². The van der Waals surface area contributed by atoms with E-state index in [-0.39, 0.29) is 5.91 Å². The van der Waals surface area contributed by atoms with Gasteiger partial charge in [0.1, 0.15) is 11.7 Å². The van der Waals surface area contributed by atoms with Crippen LogP contribution >= 0.6 is 11.6 Å². The summed E-state index contributed by atoms with van der Waals surface area (Å²) < 4.78 is 0. The second kappa shape index (κ2) is 8.20. The Bertz CT molecular complexity index is 1080. The molecule has 144 valence electrons. The number of para-hydroxylation sites is 1. The monoisotopic (exact) mass is 403 g/mol. The average Bonchev–Trinajstić information content (AvgIpc) is 2.75. The normalized spacial score (nSPS) is 16.0. The highest BCUT2D eigenvalue weighted by Gasteiger charge is 2.34. The number of nitrogens with one attached hydrogen (secondary N) is 3. The molecule has 0 fully saturated rings. The van der Waals surface area contributed by atoms with Crippen LogP contribution in [0, 0.1) is 0 Å². The van der Waals surface area contributed by atoms with Crippen LogP contribution in [0.5, 0.6) is 0 Å². The first kappa shape index (κ1) is 18.8. The molecule has 5 N–H and O–H groups in total. The second-order valence-electron chi connectivity index (χ2n) is 6.64. The van der Waals surface area contributed by atoms with Crippen LogP contribution in [0.2, 0.25) is 5.02 Å². The SMILES string of the molecule is NC1=[NH+][C@@H](c2ccc(Cl)cc2)C(C(=O)Nc2ccccc2)=C(c2ccccc2)N1. The summed E-state index contributed by atoms with van der Waals surface area (Å²) in [5.41, 5.74) is 9.81. The third-order valence-electron chi connectivity index (χ3n) is 4.66. The number of carbonyl (C=O) groups excluding carboxylic acids is 1. The molecule has 4 rings (SSSR count). The molecule has 0 saturated carbocycles. The lowest BCUT2D eigenvalue weighted by Crippen LogP contribution is -2.82. The summed E-state index contributed by atoms with van der Waals surface area (Å²) in [6, 6.07) is 25.9. The van der Waals surface area contributed by atoms with Crippen molar-refractivity contribution in [2.24, 2.45) is 5.73 Å². The lowest BCUT2D eigenvalue weighted by atomic mass is 9.92. The lowest BCUT2D eigenvalue weighted by Gasteiger charge is -2.23. The van der Waals surface area contributed by atoms with Crippen molar-refractivity contribution in [1.82, 2.24) is 5.32 Å². The Morgan fingerprint density at radius 2 is 1.55 bits per heavy atom. The summed E-state index contributed by atoms with van der Waals surface area (Å²) in [5.74, 6) is 0.155. The molecule has 1 atom stereocenters. The highest BCUT2D eigenvalue weighted by molar-refractivity contribution is 6.30. The summed E-state index contributed by atoms with van der Waals surface area (Å²) in [5, 5.41) is 6.75. The highest BCUT2D eigenvalue weighted by Crippen LogP contribution is 2.28. The maximum atomic E-state index is 13.4. The third kappa shape index (κ3) is 4.15. The number of amides is 1. The number of hydrogen-bond donors (Lipinski definition) is 4. The predicted molar refractivity (Wildman–Crippen MR) is 116 cm³/mol. The van der Waals surface area contributed by atoms with E-state index < -0.39 is 6.04 Å². The van der Waals surface area contributed by atoms with Gasteiger partial charge >= 0.3 is 5.96 Å². The topological polar surface area (TPSA) is 81.1 Å². The van der Waals surface area contributed by atoms with Crippen molar-refractivity contribution in [3.05, 3.63) is 107 Å². The van der Waals surface area contributed by atoms with Gasteiger partial charge < -0.3 is 5.32 Å². The van der Waals surface area contributed by atoms with Gasteiger partial charge in [-0.2, -0.15) is 0 Å². The van der Waals surface area contributed by atoms with Gasteiger partial charge in [0.05, 0.1) is 5.57 Å². The first-order chi connectivity index (χ1) is 14.1. The summed E-state index contributed by atoms with van der Waals surface area (Å²) in [6.45, 7) is 0. The van der Waals surface area contributed by atoms with Gasteiger partial charge in [-0.05, 0) is 29.8 Å².